The first-order valence-corrected chi connectivity index (χ1v) is 9.07. The van der Waals surface area contributed by atoms with Crippen molar-refractivity contribution in [1.29, 1.82) is 0 Å². The summed E-state index contributed by atoms with van der Waals surface area (Å²) in [4.78, 5) is 0.124. The molecule has 0 aromatic heterocycles. The maximum atomic E-state index is 10.6. The summed E-state index contributed by atoms with van der Waals surface area (Å²) in [6.45, 7) is 6.61. The van der Waals surface area contributed by atoms with Crippen molar-refractivity contribution < 1.29 is 9.84 Å². The van der Waals surface area contributed by atoms with Gasteiger partial charge in [0, 0.05) is 27.4 Å². The van der Waals surface area contributed by atoms with Crippen LogP contribution in [0.15, 0.2) is 11.6 Å². The molecule has 1 N–H and O–H groups in total. The summed E-state index contributed by atoms with van der Waals surface area (Å²) in [7, 11) is 0. The van der Waals surface area contributed by atoms with Crippen molar-refractivity contribution in [2.45, 2.75) is 62.7 Å². The third-order valence-electron chi connectivity index (χ3n) is 5.90. The van der Waals surface area contributed by atoms with E-state index in [1.54, 1.807) is 0 Å². The van der Waals surface area contributed by atoms with Gasteiger partial charge in [-0.2, -0.15) is 0 Å². The van der Waals surface area contributed by atoms with E-state index in [0.717, 1.165) is 18.2 Å². The van der Waals surface area contributed by atoms with Gasteiger partial charge < -0.3 is 9.84 Å². The molecule has 5 atom stereocenters. The molecule has 4 heteroatoms. The quantitative estimate of drug-likeness (QED) is 0.542. The molecule has 2 bridgehead atoms. The Kier molecular flexibility index (Phi) is 3.30. The lowest BCUT2D eigenvalue weighted by molar-refractivity contribution is -0.0768. The highest BCUT2D eigenvalue weighted by Crippen LogP contribution is 2.67. The molecule has 2 nitrogen and oxygen atoms in total. The van der Waals surface area contributed by atoms with Gasteiger partial charge in [-0.1, -0.05) is 57.4 Å². The highest BCUT2D eigenvalue weighted by molar-refractivity contribution is 9.09. The highest BCUT2D eigenvalue weighted by atomic mass is 79.9. The maximum absolute atomic E-state index is 10.6. The molecule has 0 aromatic carbocycles. The van der Waals surface area contributed by atoms with Crippen LogP contribution < -0.4 is 0 Å². The predicted octanol–water partition coefficient (Wildman–Crippen LogP) is 3.80. The van der Waals surface area contributed by atoms with Crippen LogP contribution in [0.4, 0.5) is 0 Å². The topological polar surface area (TPSA) is 29.5 Å². The van der Waals surface area contributed by atoms with Crippen molar-refractivity contribution in [3.8, 4) is 0 Å². The van der Waals surface area contributed by atoms with Gasteiger partial charge in [-0.25, -0.2) is 0 Å². The van der Waals surface area contributed by atoms with Crippen LogP contribution in [0.1, 0.15) is 40.0 Å². The average Bonchev–Trinajstić information content (AvgIpc) is 2.46. The molecule has 0 unspecified atom stereocenters. The van der Waals surface area contributed by atoms with Gasteiger partial charge in [0.05, 0.1) is 17.8 Å². The van der Waals surface area contributed by atoms with Crippen LogP contribution >= 0.6 is 31.9 Å². The fourth-order valence-corrected chi connectivity index (χ4v) is 5.94. The van der Waals surface area contributed by atoms with Gasteiger partial charge in [0.1, 0.15) is 0 Å². The predicted molar refractivity (Wildman–Crippen MR) is 83.9 cm³/mol. The van der Waals surface area contributed by atoms with Gasteiger partial charge in [0.25, 0.3) is 0 Å². The molecule has 1 spiro atoms. The second-order valence-electron chi connectivity index (χ2n) is 7.14. The number of halogens is 2. The lowest BCUT2D eigenvalue weighted by Crippen LogP contribution is -2.57. The monoisotopic (exact) mass is 392 g/mol. The fraction of sp³-hybridized carbons (Fsp3) is 0.867. The average molecular weight is 394 g/mol. The molecule has 2 fully saturated rings. The minimum absolute atomic E-state index is 0.0653. The second-order valence-corrected chi connectivity index (χ2v) is 8.80. The van der Waals surface area contributed by atoms with E-state index in [1.807, 2.05) is 6.92 Å². The zero-order valence-corrected chi connectivity index (χ0v) is 14.9. The van der Waals surface area contributed by atoms with E-state index in [9.17, 15) is 5.11 Å². The normalized spacial score (nSPS) is 51.7. The van der Waals surface area contributed by atoms with Crippen LogP contribution in [0.5, 0.6) is 0 Å². The lowest BCUT2D eigenvalue weighted by atomic mass is 9.50. The van der Waals surface area contributed by atoms with Gasteiger partial charge in [0.15, 0.2) is 0 Å². The number of ether oxygens (including phenoxy) is 1. The Hall–Kier alpha value is 0.620. The van der Waals surface area contributed by atoms with Crippen molar-refractivity contribution >= 4 is 31.9 Å². The molecule has 0 aromatic rings. The van der Waals surface area contributed by atoms with Crippen molar-refractivity contribution in [3.63, 3.8) is 0 Å². The smallest absolute Gasteiger partial charge is 0.0769 e. The molecule has 3 aliphatic rings. The molecule has 108 valence electrons. The van der Waals surface area contributed by atoms with Crippen LogP contribution in [0.3, 0.4) is 0 Å². The van der Waals surface area contributed by atoms with E-state index in [-0.39, 0.29) is 27.9 Å². The molecule has 19 heavy (non-hydrogen) atoms. The fourth-order valence-electron chi connectivity index (χ4n) is 4.52. The second kappa shape index (κ2) is 4.31. The molecule has 0 radical (unpaired) electrons. The van der Waals surface area contributed by atoms with E-state index in [1.165, 1.54) is 5.57 Å². The zero-order valence-electron chi connectivity index (χ0n) is 11.7. The summed E-state index contributed by atoms with van der Waals surface area (Å²) in [5.41, 5.74) is 0.991. The highest BCUT2D eigenvalue weighted by Gasteiger charge is 2.67. The number of alkyl halides is 2. The van der Waals surface area contributed by atoms with Crippen LogP contribution in [-0.4, -0.2) is 33.1 Å². The third-order valence-corrected chi connectivity index (χ3v) is 7.82. The molecule has 3 rings (SSSR count). The largest absolute Gasteiger partial charge is 0.389 e. The Bertz CT molecular complexity index is 430. The Morgan fingerprint density at radius 3 is 2.63 bits per heavy atom. The summed E-state index contributed by atoms with van der Waals surface area (Å²) in [6, 6.07) is 0. The molecule has 0 amide bonds. The number of hydrogen-bond donors (Lipinski definition) is 1. The molecule has 1 aliphatic heterocycles. The van der Waals surface area contributed by atoms with Gasteiger partial charge in [-0.3, -0.25) is 0 Å². The van der Waals surface area contributed by atoms with E-state index in [2.05, 4.69) is 51.8 Å². The van der Waals surface area contributed by atoms with Gasteiger partial charge in [-0.05, 0) is 19.8 Å². The number of aliphatic hydroxyl groups is 1. The van der Waals surface area contributed by atoms with Crippen LogP contribution in [0.25, 0.3) is 0 Å². The summed E-state index contributed by atoms with van der Waals surface area (Å²) in [5.74, 6) is 0. The first-order valence-electron chi connectivity index (χ1n) is 7.03. The minimum atomic E-state index is -0.680. The van der Waals surface area contributed by atoms with Gasteiger partial charge in [-0.15, -0.1) is 0 Å². The molecule has 1 saturated carbocycles. The molecule has 1 saturated heterocycles. The third kappa shape index (κ3) is 1.72. The standard InChI is InChI=1S/C15H22Br2O2/c1-13(2)11-5-4-9(8-16)15(13)6-10(17)14(3,18)7-12(15)19-11/h4,10-12,18H,5-8H2,1-3H3/t10-,11+,12+,14-,15+/m1/s1. The van der Waals surface area contributed by atoms with E-state index in [0.29, 0.717) is 6.42 Å². The summed E-state index contributed by atoms with van der Waals surface area (Å²) in [6.07, 6.45) is 5.46. The summed E-state index contributed by atoms with van der Waals surface area (Å²) >= 11 is 7.39. The zero-order chi connectivity index (χ0) is 14.1. The van der Waals surface area contributed by atoms with Crippen molar-refractivity contribution in [1.82, 2.24) is 0 Å². The maximum Gasteiger partial charge on any atom is 0.0769 e. The molecule has 2 aliphatic carbocycles. The SMILES string of the molecule is CC1(C)[C@@H]2CC=C(CBr)[C@]13C[C@@H](Br)[C@](C)(O)C[C@@H]3O2. The summed E-state index contributed by atoms with van der Waals surface area (Å²) in [5, 5.41) is 11.5. The minimum Gasteiger partial charge on any atom is -0.389 e. The molecule has 1 heterocycles. The van der Waals surface area contributed by atoms with Crippen molar-refractivity contribution in [2.24, 2.45) is 10.8 Å². The van der Waals surface area contributed by atoms with Gasteiger partial charge >= 0.3 is 0 Å². The van der Waals surface area contributed by atoms with E-state index in [4.69, 9.17) is 4.74 Å². The Labute approximate surface area is 132 Å². The number of fused-ring (bicyclic) bond motifs is 1. The summed E-state index contributed by atoms with van der Waals surface area (Å²) < 4.78 is 6.36. The first kappa shape index (κ1) is 14.6. The van der Waals surface area contributed by atoms with Crippen LogP contribution in [0, 0.1) is 10.8 Å². The Balaban J connectivity index is 2.11. The van der Waals surface area contributed by atoms with Crippen molar-refractivity contribution in [3.05, 3.63) is 11.6 Å². The lowest BCUT2D eigenvalue weighted by Gasteiger charge is -2.54. The van der Waals surface area contributed by atoms with Crippen LogP contribution in [0.2, 0.25) is 0 Å². The van der Waals surface area contributed by atoms with E-state index >= 15 is 0 Å². The first-order chi connectivity index (χ1) is 8.75. The molecular formula is C15H22Br2O2. The molecular weight excluding hydrogens is 372 g/mol. The van der Waals surface area contributed by atoms with Gasteiger partial charge in [0.2, 0.25) is 0 Å². The Morgan fingerprint density at radius 1 is 1.32 bits per heavy atom. The van der Waals surface area contributed by atoms with Crippen molar-refractivity contribution in [2.75, 3.05) is 5.33 Å². The van der Waals surface area contributed by atoms with E-state index < -0.39 is 5.60 Å². The van der Waals surface area contributed by atoms with Crippen LogP contribution in [-0.2, 0) is 4.74 Å². The number of hydrogen-bond acceptors (Lipinski definition) is 2. The number of rotatable bonds is 1. The Morgan fingerprint density at radius 2 is 2.00 bits per heavy atom.